The summed E-state index contributed by atoms with van der Waals surface area (Å²) in [7, 11) is 1.45. The molecule has 1 aromatic rings. The molecule has 1 aliphatic heterocycles. The quantitative estimate of drug-likeness (QED) is 0.555. The summed E-state index contributed by atoms with van der Waals surface area (Å²) in [6.45, 7) is 1.69. The first kappa shape index (κ1) is 19.1. The molecule has 0 saturated heterocycles. The standard InChI is InChI=1S/C20H26N2O5/c1-12-17(19(24)27-14-7-5-3-4-6-8-14)18(22-20(25)21-12)13-9-10-15(23)16(11-13)26-2/h9-11,14,18,23H,3-8H2,1-2H3,(H2,21,22,25)/t18-/m0/s1. The molecule has 0 bridgehead atoms. The Kier molecular flexibility index (Phi) is 5.88. The molecule has 146 valence electrons. The molecule has 1 aromatic carbocycles. The number of nitrogens with one attached hydrogen (secondary N) is 2. The van der Waals surface area contributed by atoms with Crippen LogP contribution in [0.4, 0.5) is 4.79 Å². The Balaban J connectivity index is 1.88. The molecule has 2 amide bonds. The van der Waals surface area contributed by atoms with Crippen LogP contribution < -0.4 is 15.4 Å². The summed E-state index contributed by atoms with van der Waals surface area (Å²) in [5.74, 6) is -0.164. The van der Waals surface area contributed by atoms with Gasteiger partial charge < -0.3 is 25.2 Å². The first-order valence-electron chi connectivity index (χ1n) is 9.35. The first-order chi connectivity index (χ1) is 13.0. The van der Waals surface area contributed by atoms with Gasteiger partial charge in [0, 0.05) is 5.70 Å². The van der Waals surface area contributed by atoms with Crippen molar-refractivity contribution in [2.24, 2.45) is 0 Å². The maximum atomic E-state index is 12.9. The molecule has 3 N–H and O–H groups in total. The Hall–Kier alpha value is -2.70. The highest BCUT2D eigenvalue weighted by atomic mass is 16.5. The predicted molar refractivity (Wildman–Crippen MR) is 99.3 cm³/mol. The van der Waals surface area contributed by atoms with E-state index in [4.69, 9.17) is 9.47 Å². The molecule has 27 heavy (non-hydrogen) atoms. The van der Waals surface area contributed by atoms with E-state index in [1.165, 1.54) is 26.0 Å². The Bertz CT molecular complexity index is 751. The largest absolute Gasteiger partial charge is 0.504 e. The molecule has 1 heterocycles. The molecular weight excluding hydrogens is 348 g/mol. The lowest BCUT2D eigenvalue weighted by molar-refractivity contribution is -0.145. The van der Waals surface area contributed by atoms with Crippen molar-refractivity contribution in [1.82, 2.24) is 10.6 Å². The van der Waals surface area contributed by atoms with Crippen molar-refractivity contribution < 1.29 is 24.2 Å². The summed E-state index contributed by atoms with van der Waals surface area (Å²) in [5, 5.41) is 15.2. The Morgan fingerprint density at radius 3 is 2.56 bits per heavy atom. The number of amides is 2. The SMILES string of the molecule is COc1cc([C@@H]2NC(=O)NC(C)=C2C(=O)OC2CCCCCC2)ccc1O. The molecule has 1 aliphatic carbocycles. The summed E-state index contributed by atoms with van der Waals surface area (Å²) in [4.78, 5) is 24.9. The minimum atomic E-state index is -0.675. The van der Waals surface area contributed by atoms with Crippen LogP contribution in [0.1, 0.15) is 57.1 Å². The van der Waals surface area contributed by atoms with Crippen LogP contribution in [0.15, 0.2) is 29.5 Å². The molecule has 1 fully saturated rings. The van der Waals surface area contributed by atoms with Crippen molar-refractivity contribution in [3.63, 3.8) is 0 Å². The van der Waals surface area contributed by atoms with Gasteiger partial charge in [-0.15, -0.1) is 0 Å². The van der Waals surface area contributed by atoms with Gasteiger partial charge in [-0.1, -0.05) is 18.9 Å². The normalized spacial score (nSPS) is 21.1. The van der Waals surface area contributed by atoms with Crippen LogP contribution in [-0.2, 0) is 9.53 Å². The molecule has 0 aromatic heterocycles. The monoisotopic (exact) mass is 374 g/mol. The summed E-state index contributed by atoms with van der Waals surface area (Å²) in [6.07, 6.45) is 6.11. The lowest BCUT2D eigenvalue weighted by Crippen LogP contribution is -2.45. The Labute approximate surface area is 158 Å². The van der Waals surface area contributed by atoms with Gasteiger partial charge >= 0.3 is 12.0 Å². The average Bonchev–Trinajstić information content (AvgIpc) is 2.90. The number of phenolic OH excluding ortho intramolecular Hbond substituents is 1. The number of rotatable bonds is 4. The van der Waals surface area contributed by atoms with E-state index < -0.39 is 18.0 Å². The smallest absolute Gasteiger partial charge is 0.338 e. The predicted octanol–water partition coefficient (Wildman–Crippen LogP) is 3.29. The number of allylic oxidation sites excluding steroid dienone is 1. The molecule has 3 rings (SSSR count). The highest BCUT2D eigenvalue weighted by Gasteiger charge is 2.33. The van der Waals surface area contributed by atoms with Crippen LogP contribution in [0.25, 0.3) is 0 Å². The van der Waals surface area contributed by atoms with Crippen LogP contribution in [0.2, 0.25) is 0 Å². The van der Waals surface area contributed by atoms with Crippen LogP contribution in [-0.4, -0.2) is 30.3 Å². The van der Waals surface area contributed by atoms with E-state index in [0.717, 1.165) is 25.7 Å². The number of carbonyl (C=O) groups excluding carboxylic acids is 2. The van der Waals surface area contributed by atoms with Crippen molar-refractivity contribution in [3.05, 3.63) is 35.0 Å². The molecule has 0 spiro atoms. The number of hydrogen-bond donors (Lipinski definition) is 3. The Morgan fingerprint density at radius 1 is 1.19 bits per heavy atom. The number of aromatic hydroxyl groups is 1. The zero-order valence-electron chi connectivity index (χ0n) is 15.7. The van der Waals surface area contributed by atoms with E-state index in [9.17, 15) is 14.7 Å². The second-order valence-electron chi connectivity index (χ2n) is 7.02. The summed E-state index contributed by atoms with van der Waals surface area (Å²) in [6, 6.07) is 3.67. The molecule has 2 aliphatic rings. The van der Waals surface area contributed by atoms with Crippen molar-refractivity contribution in [3.8, 4) is 11.5 Å². The lowest BCUT2D eigenvalue weighted by atomic mass is 9.95. The molecule has 1 atom stereocenters. The van der Waals surface area contributed by atoms with Crippen LogP contribution >= 0.6 is 0 Å². The number of methoxy groups -OCH3 is 1. The van der Waals surface area contributed by atoms with Gasteiger partial charge in [0.25, 0.3) is 0 Å². The maximum absolute atomic E-state index is 12.9. The van der Waals surface area contributed by atoms with Crippen molar-refractivity contribution in [1.29, 1.82) is 0 Å². The fourth-order valence-corrected chi connectivity index (χ4v) is 3.66. The van der Waals surface area contributed by atoms with Gasteiger partial charge in [-0.2, -0.15) is 0 Å². The fraction of sp³-hybridized carbons (Fsp3) is 0.500. The molecular formula is C20H26N2O5. The highest BCUT2D eigenvalue weighted by molar-refractivity contribution is 5.95. The number of carbonyl (C=O) groups is 2. The number of phenols is 1. The molecule has 0 unspecified atom stereocenters. The van der Waals surface area contributed by atoms with Gasteiger partial charge in [-0.05, 0) is 50.3 Å². The summed E-state index contributed by atoms with van der Waals surface area (Å²) in [5.41, 5.74) is 1.47. The first-order valence-corrected chi connectivity index (χ1v) is 9.35. The lowest BCUT2D eigenvalue weighted by Gasteiger charge is -2.29. The number of esters is 1. The summed E-state index contributed by atoms with van der Waals surface area (Å²) >= 11 is 0. The van der Waals surface area contributed by atoms with Gasteiger partial charge in [-0.25, -0.2) is 9.59 Å². The zero-order valence-corrected chi connectivity index (χ0v) is 15.7. The van der Waals surface area contributed by atoms with Gasteiger partial charge in [0.15, 0.2) is 11.5 Å². The number of urea groups is 1. The maximum Gasteiger partial charge on any atom is 0.338 e. The van der Waals surface area contributed by atoms with E-state index in [1.54, 1.807) is 19.1 Å². The second-order valence-corrected chi connectivity index (χ2v) is 7.02. The van der Waals surface area contributed by atoms with Crippen LogP contribution in [0.3, 0.4) is 0 Å². The Morgan fingerprint density at radius 2 is 1.89 bits per heavy atom. The minimum Gasteiger partial charge on any atom is -0.504 e. The molecule has 7 heteroatoms. The van der Waals surface area contributed by atoms with Crippen molar-refractivity contribution in [2.75, 3.05) is 7.11 Å². The third kappa shape index (κ3) is 4.35. The minimum absolute atomic E-state index is 0.00945. The van der Waals surface area contributed by atoms with Crippen LogP contribution in [0.5, 0.6) is 11.5 Å². The van der Waals surface area contributed by atoms with Gasteiger partial charge in [0.2, 0.25) is 0 Å². The van der Waals surface area contributed by atoms with Crippen LogP contribution in [0, 0.1) is 0 Å². The highest BCUT2D eigenvalue weighted by Crippen LogP contribution is 2.34. The van der Waals surface area contributed by atoms with E-state index in [0.29, 0.717) is 16.8 Å². The molecule has 1 saturated carbocycles. The number of hydrogen-bond acceptors (Lipinski definition) is 5. The van der Waals surface area contributed by atoms with E-state index in [-0.39, 0.29) is 17.6 Å². The molecule has 0 radical (unpaired) electrons. The van der Waals surface area contributed by atoms with Gasteiger partial charge in [0.1, 0.15) is 6.10 Å². The zero-order chi connectivity index (χ0) is 19.4. The van der Waals surface area contributed by atoms with E-state index in [1.807, 2.05) is 0 Å². The van der Waals surface area contributed by atoms with E-state index >= 15 is 0 Å². The van der Waals surface area contributed by atoms with Gasteiger partial charge in [0.05, 0.1) is 18.7 Å². The average molecular weight is 374 g/mol. The van der Waals surface area contributed by atoms with Crippen molar-refractivity contribution >= 4 is 12.0 Å². The second kappa shape index (κ2) is 8.33. The van der Waals surface area contributed by atoms with E-state index in [2.05, 4.69) is 10.6 Å². The van der Waals surface area contributed by atoms with Crippen molar-refractivity contribution in [2.45, 2.75) is 57.6 Å². The third-order valence-electron chi connectivity index (χ3n) is 5.10. The topological polar surface area (TPSA) is 96.9 Å². The third-order valence-corrected chi connectivity index (χ3v) is 5.10. The molecule has 7 nitrogen and oxygen atoms in total. The number of ether oxygens (including phenoxy) is 2. The van der Waals surface area contributed by atoms with Gasteiger partial charge in [-0.3, -0.25) is 0 Å². The fourth-order valence-electron chi connectivity index (χ4n) is 3.66. The summed E-state index contributed by atoms with van der Waals surface area (Å²) < 4.78 is 10.9. The number of benzene rings is 1.